The lowest BCUT2D eigenvalue weighted by Crippen LogP contribution is -2.30. The van der Waals surface area contributed by atoms with Crippen molar-refractivity contribution >= 4 is 10.8 Å². The molecule has 0 amide bonds. The van der Waals surface area contributed by atoms with Gasteiger partial charge in [0.05, 0.1) is 0 Å². The van der Waals surface area contributed by atoms with Crippen LogP contribution < -0.4 is 0 Å². The van der Waals surface area contributed by atoms with E-state index in [4.69, 9.17) is 0 Å². The van der Waals surface area contributed by atoms with Crippen LogP contribution in [0.5, 0.6) is 0 Å². The molecule has 2 heteroatoms. The first-order chi connectivity index (χ1) is 14.6. The van der Waals surface area contributed by atoms with Crippen molar-refractivity contribution in [2.24, 2.45) is 17.8 Å². The third-order valence-corrected chi connectivity index (χ3v) is 7.77. The SMILES string of the molecule is CC=CCCc1cc(F)c2cc(C3CCC4CC(CCC)CCC4C3)c(F)cc2c1. The minimum Gasteiger partial charge on any atom is -0.207 e. The van der Waals surface area contributed by atoms with Gasteiger partial charge in [0.2, 0.25) is 0 Å². The summed E-state index contributed by atoms with van der Waals surface area (Å²) in [5.74, 6) is 2.35. The summed E-state index contributed by atoms with van der Waals surface area (Å²) in [4.78, 5) is 0. The van der Waals surface area contributed by atoms with Gasteiger partial charge in [0.15, 0.2) is 0 Å². The number of allylic oxidation sites excluding steroid dienone is 2. The molecule has 4 rings (SSSR count). The van der Waals surface area contributed by atoms with Crippen molar-refractivity contribution < 1.29 is 8.78 Å². The average Bonchev–Trinajstić information content (AvgIpc) is 2.73. The lowest BCUT2D eigenvalue weighted by atomic mass is 9.63. The molecule has 0 saturated heterocycles. The Labute approximate surface area is 180 Å². The van der Waals surface area contributed by atoms with Gasteiger partial charge in [-0.05, 0) is 110 Å². The Morgan fingerprint density at radius 1 is 0.933 bits per heavy atom. The minimum atomic E-state index is -0.210. The molecule has 2 fully saturated rings. The second-order valence-corrected chi connectivity index (χ2v) is 9.78. The molecule has 4 atom stereocenters. The van der Waals surface area contributed by atoms with Crippen LogP contribution in [-0.4, -0.2) is 0 Å². The number of hydrogen-bond acceptors (Lipinski definition) is 0. The first-order valence-electron chi connectivity index (χ1n) is 12.1. The molecule has 2 aromatic carbocycles. The monoisotopic (exact) mass is 410 g/mol. The van der Waals surface area contributed by atoms with Gasteiger partial charge in [0.25, 0.3) is 0 Å². The summed E-state index contributed by atoms with van der Waals surface area (Å²) in [6.45, 7) is 4.28. The molecule has 30 heavy (non-hydrogen) atoms. The van der Waals surface area contributed by atoms with Crippen molar-refractivity contribution in [1.82, 2.24) is 0 Å². The van der Waals surface area contributed by atoms with Crippen LogP contribution in [0.15, 0.2) is 36.4 Å². The highest BCUT2D eigenvalue weighted by atomic mass is 19.1. The van der Waals surface area contributed by atoms with Gasteiger partial charge in [-0.15, -0.1) is 0 Å². The largest absolute Gasteiger partial charge is 0.207 e. The predicted octanol–water partition coefficient (Wildman–Crippen LogP) is 8.73. The standard InChI is InChI=1S/C28H36F2/c1-3-5-6-8-20-14-24-17-28(30)25(18-26(24)27(29)15-20)23-12-11-21-13-19(7-4-2)9-10-22(21)16-23/h3,5,14-15,17-19,21-23H,4,6-13,16H2,1-2H3. The van der Waals surface area contributed by atoms with Crippen molar-refractivity contribution in [1.29, 1.82) is 0 Å². The lowest BCUT2D eigenvalue weighted by Gasteiger charge is -2.42. The van der Waals surface area contributed by atoms with E-state index >= 15 is 4.39 Å². The first kappa shape index (κ1) is 21.5. The van der Waals surface area contributed by atoms with Gasteiger partial charge in [-0.2, -0.15) is 0 Å². The van der Waals surface area contributed by atoms with Crippen LogP contribution in [0.3, 0.4) is 0 Å². The minimum absolute atomic E-state index is 0.143. The zero-order valence-corrected chi connectivity index (χ0v) is 18.6. The third kappa shape index (κ3) is 4.63. The van der Waals surface area contributed by atoms with Crippen LogP contribution in [0, 0.1) is 29.4 Å². The molecule has 0 heterocycles. The van der Waals surface area contributed by atoms with Gasteiger partial charge >= 0.3 is 0 Å². The van der Waals surface area contributed by atoms with Gasteiger partial charge in [0, 0.05) is 5.39 Å². The molecule has 2 aliphatic carbocycles. The number of benzene rings is 2. The predicted molar refractivity (Wildman–Crippen MR) is 123 cm³/mol. The summed E-state index contributed by atoms with van der Waals surface area (Å²) in [5.41, 5.74) is 1.69. The highest BCUT2D eigenvalue weighted by Gasteiger charge is 2.36. The van der Waals surface area contributed by atoms with Gasteiger partial charge in [-0.1, -0.05) is 44.4 Å². The molecule has 2 aromatic rings. The maximum absolute atomic E-state index is 15.1. The van der Waals surface area contributed by atoms with E-state index in [9.17, 15) is 4.39 Å². The molecule has 0 radical (unpaired) electrons. The number of halogens is 2. The summed E-state index contributed by atoms with van der Waals surface area (Å²) >= 11 is 0. The van der Waals surface area contributed by atoms with Gasteiger partial charge in [-0.3, -0.25) is 0 Å². The first-order valence-corrected chi connectivity index (χ1v) is 12.1. The molecule has 0 aromatic heterocycles. The zero-order valence-electron chi connectivity index (χ0n) is 18.6. The summed E-state index contributed by atoms with van der Waals surface area (Å²) in [6, 6.07) is 7.00. The van der Waals surface area contributed by atoms with Crippen molar-refractivity contribution in [2.75, 3.05) is 0 Å². The van der Waals surface area contributed by atoms with Crippen LogP contribution in [0.4, 0.5) is 8.78 Å². The van der Waals surface area contributed by atoms with Gasteiger partial charge in [0.1, 0.15) is 11.6 Å². The average molecular weight is 411 g/mol. The highest BCUT2D eigenvalue weighted by Crippen LogP contribution is 2.49. The van der Waals surface area contributed by atoms with Crippen molar-refractivity contribution in [3.05, 3.63) is 59.2 Å². The number of aryl methyl sites for hydroxylation is 1. The van der Waals surface area contributed by atoms with E-state index in [-0.39, 0.29) is 17.6 Å². The Bertz CT molecular complexity index is 897. The van der Waals surface area contributed by atoms with Crippen LogP contribution >= 0.6 is 0 Å². The van der Waals surface area contributed by atoms with E-state index in [1.54, 1.807) is 12.1 Å². The Morgan fingerprint density at radius 2 is 1.73 bits per heavy atom. The van der Waals surface area contributed by atoms with E-state index < -0.39 is 0 Å². The topological polar surface area (TPSA) is 0 Å². The quantitative estimate of drug-likeness (QED) is 0.418. The van der Waals surface area contributed by atoms with E-state index in [0.717, 1.165) is 54.6 Å². The smallest absolute Gasteiger partial charge is 0.131 e. The Morgan fingerprint density at radius 3 is 2.53 bits per heavy atom. The van der Waals surface area contributed by atoms with E-state index in [1.165, 1.54) is 38.5 Å². The number of hydrogen-bond donors (Lipinski definition) is 0. The summed E-state index contributed by atoms with van der Waals surface area (Å²) in [6.07, 6.45) is 15.7. The molecule has 0 bridgehead atoms. The van der Waals surface area contributed by atoms with Crippen LogP contribution in [0.1, 0.15) is 88.7 Å². The van der Waals surface area contributed by atoms with Crippen molar-refractivity contribution in [2.45, 2.75) is 84.0 Å². The number of rotatable bonds is 6. The molecular weight excluding hydrogens is 374 g/mol. The third-order valence-electron chi connectivity index (χ3n) is 7.77. The normalized spacial score (nSPS) is 26.9. The fourth-order valence-corrected chi connectivity index (χ4v) is 6.23. The number of fused-ring (bicyclic) bond motifs is 2. The van der Waals surface area contributed by atoms with E-state index in [2.05, 4.69) is 13.0 Å². The van der Waals surface area contributed by atoms with E-state index in [1.807, 2.05) is 25.1 Å². The molecule has 162 valence electrons. The fraction of sp³-hybridized carbons (Fsp3) is 0.571. The lowest BCUT2D eigenvalue weighted by molar-refractivity contribution is 0.113. The summed E-state index contributed by atoms with van der Waals surface area (Å²) in [5, 5.41) is 1.27. The summed E-state index contributed by atoms with van der Waals surface area (Å²) in [7, 11) is 0. The van der Waals surface area contributed by atoms with Crippen molar-refractivity contribution in [3.63, 3.8) is 0 Å². The summed E-state index contributed by atoms with van der Waals surface area (Å²) < 4.78 is 30.0. The highest BCUT2D eigenvalue weighted by molar-refractivity contribution is 5.85. The Balaban J connectivity index is 1.53. The van der Waals surface area contributed by atoms with Gasteiger partial charge < -0.3 is 0 Å². The molecule has 0 N–H and O–H groups in total. The second-order valence-electron chi connectivity index (χ2n) is 9.78. The Hall–Kier alpha value is -1.70. The molecule has 2 aliphatic rings. The zero-order chi connectivity index (χ0) is 21.1. The maximum Gasteiger partial charge on any atom is 0.131 e. The molecule has 0 aliphatic heterocycles. The van der Waals surface area contributed by atoms with Crippen LogP contribution in [-0.2, 0) is 6.42 Å². The van der Waals surface area contributed by atoms with Crippen LogP contribution in [0.2, 0.25) is 0 Å². The molecule has 2 saturated carbocycles. The Kier molecular flexibility index (Phi) is 6.91. The second kappa shape index (κ2) is 9.62. The maximum atomic E-state index is 15.1. The van der Waals surface area contributed by atoms with Crippen LogP contribution in [0.25, 0.3) is 10.8 Å². The molecule has 0 nitrogen and oxygen atoms in total. The van der Waals surface area contributed by atoms with Gasteiger partial charge in [-0.25, -0.2) is 8.78 Å². The van der Waals surface area contributed by atoms with E-state index in [0.29, 0.717) is 10.8 Å². The molecular formula is C28H36F2. The molecule has 0 spiro atoms. The fourth-order valence-electron chi connectivity index (χ4n) is 6.23. The molecule has 4 unspecified atom stereocenters. The van der Waals surface area contributed by atoms with Crippen molar-refractivity contribution in [3.8, 4) is 0 Å².